The van der Waals surface area contributed by atoms with E-state index in [9.17, 15) is 4.79 Å². The number of nitrogens with one attached hydrogen (secondary N) is 1. The largest absolute Gasteiger partial charge is 0.354 e. The second-order valence-electron chi connectivity index (χ2n) is 4.65. The average molecular weight is 293 g/mol. The first-order valence-electron chi connectivity index (χ1n) is 6.34. The zero-order chi connectivity index (χ0) is 14.7. The summed E-state index contributed by atoms with van der Waals surface area (Å²) >= 11 is 6.27. The summed E-state index contributed by atoms with van der Waals surface area (Å²) in [6.45, 7) is 1.93. The van der Waals surface area contributed by atoms with Gasteiger partial charge in [-0.3, -0.25) is 4.79 Å². The van der Waals surface area contributed by atoms with Crippen molar-refractivity contribution in [1.29, 1.82) is 0 Å². The Morgan fingerprint density at radius 1 is 1.50 bits per heavy atom. The molecule has 0 aliphatic carbocycles. The number of carbonyl (C=O) groups is 1. The van der Waals surface area contributed by atoms with Gasteiger partial charge in [0.1, 0.15) is 0 Å². The summed E-state index contributed by atoms with van der Waals surface area (Å²) in [5.74, 6) is -0.232. The first-order valence-corrected chi connectivity index (χ1v) is 6.71. The zero-order valence-corrected chi connectivity index (χ0v) is 12.2. The molecule has 3 N–H and O–H groups in total. The van der Waals surface area contributed by atoms with Crippen LogP contribution < -0.4 is 11.1 Å². The van der Waals surface area contributed by atoms with Gasteiger partial charge in [0.15, 0.2) is 5.69 Å². The Labute approximate surface area is 122 Å². The lowest BCUT2D eigenvalue weighted by Gasteiger charge is -2.13. The fraction of sp³-hybridized carbons (Fsp3) is 0.286. The molecule has 1 unspecified atom stereocenters. The van der Waals surface area contributed by atoms with Crippen molar-refractivity contribution in [1.82, 2.24) is 15.1 Å². The second-order valence-corrected chi connectivity index (χ2v) is 5.06. The fourth-order valence-electron chi connectivity index (χ4n) is 2.03. The summed E-state index contributed by atoms with van der Waals surface area (Å²) in [4.78, 5) is 11.6. The highest BCUT2D eigenvalue weighted by molar-refractivity contribution is 6.32. The maximum atomic E-state index is 11.6. The summed E-state index contributed by atoms with van der Waals surface area (Å²) < 4.78 is 1.62. The molecule has 0 spiro atoms. The molecule has 6 heteroatoms. The minimum atomic E-state index is -0.232. The number of hydrogen-bond acceptors (Lipinski definition) is 3. The molecule has 0 aliphatic rings. The van der Waals surface area contributed by atoms with Crippen LogP contribution in [0.5, 0.6) is 0 Å². The number of nitrogens with two attached hydrogens (primary N) is 1. The molecule has 1 heterocycles. The maximum Gasteiger partial charge on any atom is 0.271 e. The van der Waals surface area contributed by atoms with Crippen molar-refractivity contribution >= 4 is 17.5 Å². The summed E-state index contributed by atoms with van der Waals surface area (Å²) in [5.41, 5.74) is 7.97. The molecule has 5 nitrogen and oxygen atoms in total. The first kappa shape index (κ1) is 14.6. The van der Waals surface area contributed by atoms with Crippen LogP contribution in [0.3, 0.4) is 0 Å². The maximum absolute atomic E-state index is 11.6. The van der Waals surface area contributed by atoms with E-state index in [1.54, 1.807) is 30.1 Å². The van der Waals surface area contributed by atoms with Crippen LogP contribution in [-0.2, 0) is 6.42 Å². The van der Waals surface area contributed by atoms with E-state index in [4.69, 9.17) is 17.3 Å². The van der Waals surface area contributed by atoms with Crippen LogP contribution >= 0.6 is 11.6 Å². The summed E-state index contributed by atoms with van der Waals surface area (Å²) in [6.07, 6.45) is 2.40. The van der Waals surface area contributed by atoms with Crippen LogP contribution in [0, 0.1) is 0 Å². The van der Waals surface area contributed by atoms with Crippen molar-refractivity contribution in [3.05, 3.63) is 46.7 Å². The standard InChI is InChI=1S/C14H17ClN4O/c1-9(16)8-10-4-3-5-11(15)13(10)19-7-6-12(18-19)14(20)17-2/h3-7,9H,8,16H2,1-2H3,(H,17,20). The number of rotatable bonds is 4. The fourth-order valence-corrected chi connectivity index (χ4v) is 2.31. The Morgan fingerprint density at radius 3 is 2.90 bits per heavy atom. The predicted molar refractivity (Wildman–Crippen MR) is 79.3 cm³/mol. The molecule has 0 fully saturated rings. The van der Waals surface area contributed by atoms with E-state index in [1.165, 1.54) is 0 Å². The van der Waals surface area contributed by atoms with Gasteiger partial charge in [0.25, 0.3) is 5.91 Å². The molecule has 1 aromatic carbocycles. The number of carbonyl (C=O) groups excluding carboxylic acids is 1. The highest BCUT2D eigenvalue weighted by atomic mass is 35.5. The molecule has 0 saturated carbocycles. The van der Waals surface area contributed by atoms with Crippen LogP contribution in [-0.4, -0.2) is 28.8 Å². The molecule has 0 bridgehead atoms. The lowest BCUT2D eigenvalue weighted by atomic mass is 10.1. The molecule has 1 atom stereocenters. The lowest BCUT2D eigenvalue weighted by molar-refractivity contribution is 0.0957. The quantitative estimate of drug-likeness (QED) is 0.902. The van der Waals surface area contributed by atoms with Gasteiger partial charge in [-0.25, -0.2) is 4.68 Å². The lowest BCUT2D eigenvalue weighted by Crippen LogP contribution is -2.20. The number of hydrogen-bond donors (Lipinski definition) is 2. The van der Waals surface area contributed by atoms with Crippen molar-refractivity contribution in [2.24, 2.45) is 5.73 Å². The molecular weight excluding hydrogens is 276 g/mol. The van der Waals surface area contributed by atoms with Crippen molar-refractivity contribution in [3.63, 3.8) is 0 Å². The van der Waals surface area contributed by atoms with Crippen molar-refractivity contribution in [3.8, 4) is 5.69 Å². The topological polar surface area (TPSA) is 72.9 Å². The summed E-state index contributed by atoms with van der Waals surface area (Å²) in [6, 6.07) is 7.31. The number of halogens is 1. The minimum Gasteiger partial charge on any atom is -0.354 e. The molecule has 106 valence electrons. The smallest absolute Gasteiger partial charge is 0.271 e. The van der Waals surface area contributed by atoms with Crippen LogP contribution in [0.15, 0.2) is 30.5 Å². The van der Waals surface area contributed by atoms with E-state index in [-0.39, 0.29) is 11.9 Å². The van der Waals surface area contributed by atoms with Crippen LogP contribution in [0.2, 0.25) is 5.02 Å². The number of aromatic nitrogens is 2. The predicted octanol–water partition coefficient (Wildman–Crippen LogP) is 1.78. The Balaban J connectivity index is 2.46. The molecule has 2 aromatic rings. The van der Waals surface area contributed by atoms with Gasteiger partial charge < -0.3 is 11.1 Å². The van der Waals surface area contributed by atoms with E-state index < -0.39 is 0 Å². The van der Waals surface area contributed by atoms with Crippen LogP contribution in [0.25, 0.3) is 5.69 Å². The minimum absolute atomic E-state index is 0.0150. The molecule has 1 aromatic heterocycles. The van der Waals surface area contributed by atoms with Gasteiger partial charge in [-0.1, -0.05) is 23.7 Å². The third-order valence-electron chi connectivity index (χ3n) is 2.89. The van der Waals surface area contributed by atoms with Gasteiger partial charge in [-0.15, -0.1) is 0 Å². The van der Waals surface area contributed by atoms with Gasteiger partial charge in [0.05, 0.1) is 10.7 Å². The molecule has 0 saturated heterocycles. The first-order chi connectivity index (χ1) is 9.52. The molecule has 1 amide bonds. The molecular formula is C14H17ClN4O. The Kier molecular flexibility index (Phi) is 4.42. The van der Waals surface area contributed by atoms with E-state index in [0.29, 0.717) is 17.1 Å². The average Bonchev–Trinajstić information content (AvgIpc) is 2.86. The third-order valence-corrected chi connectivity index (χ3v) is 3.20. The monoisotopic (exact) mass is 292 g/mol. The van der Waals surface area contributed by atoms with Gasteiger partial charge in [0.2, 0.25) is 0 Å². The van der Waals surface area contributed by atoms with Crippen LogP contribution in [0.1, 0.15) is 23.0 Å². The molecule has 0 radical (unpaired) electrons. The normalized spacial score (nSPS) is 12.2. The van der Waals surface area contributed by atoms with E-state index in [2.05, 4.69) is 10.4 Å². The zero-order valence-electron chi connectivity index (χ0n) is 11.4. The highest BCUT2D eigenvalue weighted by Crippen LogP contribution is 2.25. The third kappa shape index (κ3) is 3.00. The van der Waals surface area contributed by atoms with E-state index in [1.807, 2.05) is 19.1 Å². The number of benzene rings is 1. The summed E-state index contributed by atoms with van der Waals surface area (Å²) in [7, 11) is 1.57. The summed E-state index contributed by atoms with van der Waals surface area (Å²) in [5, 5.41) is 7.38. The van der Waals surface area contributed by atoms with E-state index >= 15 is 0 Å². The van der Waals surface area contributed by atoms with Crippen molar-refractivity contribution < 1.29 is 4.79 Å². The Hall–Kier alpha value is -1.85. The molecule has 2 rings (SSSR count). The SMILES string of the molecule is CNC(=O)c1ccn(-c2c(Cl)cccc2CC(C)N)n1. The molecule has 20 heavy (non-hydrogen) atoms. The van der Waals surface area contributed by atoms with Crippen molar-refractivity contribution in [2.75, 3.05) is 7.05 Å². The van der Waals surface area contributed by atoms with Gasteiger partial charge in [-0.05, 0) is 31.0 Å². The number of nitrogens with zero attached hydrogens (tertiary/aromatic N) is 2. The Morgan fingerprint density at radius 2 is 2.25 bits per heavy atom. The van der Waals surface area contributed by atoms with Gasteiger partial charge in [0, 0.05) is 19.3 Å². The number of para-hydroxylation sites is 1. The van der Waals surface area contributed by atoms with Crippen LogP contribution in [0.4, 0.5) is 0 Å². The van der Waals surface area contributed by atoms with E-state index in [0.717, 1.165) is 11.3 Å². The second kappa shape index (κ2) is 6.07. The van der Waals surface area contributed by atoms with Gasteiger partial charge >= 0.3 is 0 Å². The Bertz CT molecular complexity index is 621. The number of amides is 1. The van der Waals surface area contributed by atoms with Gasteiger partial charge in [-0.2, -0.15) is 5.10 Å². The molecule has 0 aliphatic heterocycles. The van der Waals surface area contributed by atoms with Crippen molar-refractivity contribution in [2.45, 2.75) is 19.4 Å². The highest BCUT2D eigenvalue weighted by Gasteiger charge is 2.14.